The van der Waals surface area contributed by atoms with Crippen LogP contribution in [0.5, 0.6) is 0 Å². The molecule has 5 heteroatoms. The fourth-order valence-electron chi connectivity index (χ4n) is 2.44. The fourth-order valence-corrected chi connectivity index (χ4v) is 2.44. The van der Waals surface area contributed by atoms with Gasteiger partial charge in [0.25, 0.3) is 0 Å². The van der Waals surface area contributed by atoms with Crippen molar-refractivity contribution in [1.82, 2.24) is 9.97 Å². The molecule has 0 aliphatic rings. The summed E-state index contributed by atoms with van der Waals surface area (Å²) in [5.41, 5.74) is 2.32. The van der Waals surface area contributed by atoms with Crippen LogP contribution in [0.1, 0.15) is 42.4 Å². The third kappa shape index (κ3) is 3.35. The Morgan fingerprint density at radius 3 is 2.48 bits per heavy atom. The fraction of sp³-hybridized carbons (Fsp3) is 0.375. The maximum absolute atomic E-state index is 13.7. The number of hydrogen-bond donors (Lipinski definition) is 1. The number of nitrogens with one attached hydrogen (secondary N) is 1. The summed E-state index contributed by atoms with van der Waals surface area (Å²) in [6, 6.07) is 3.55. The Morgan fingerprint density at radius 2 is 1.90 bits per heavy atom. The van der Waals surface area contributed by atoms with Gasteiger partial charge in [-0.25, -0.2) is 18.7 Å². The molecule has 0 saturated heterocycles. The van der Waals surface area contributed by atoms with Gasteiger partial charge in [-0.05, 0) is 24.5 Å². The van der Waals surface area contributed by atoms with E-state index < -0.39 is 11.6 Å². The highest BCUT2D eigenvalue weighted by Gasteiger charge is 2.15. The maximum Gasteiger partial charge on any atom is 0.135 e. The topological polar surface area (TPSA) is 37.8 Å². The molecule has 0 amide bonds. The van der Waals surface area contributed by atoms with Gasteiger partial charge in [0, 0.05) is 30.8 Å². The largest absolute Gasteiger partial charge is 0.373 e. The van der Waals surface area contributed by atoms with Crippen LogP contribution in [0.2, 0.25) is 0 Å². The van der Waals surface area contributed by atoms with Gasteiger partial charge in [-0.3, -0.25) is 0 Å². The van der Waals surface area contributed by atoms with Crippen LogP contribution >= 0.6 is 0 Å². The minimum Gasteiger partial charge on any atom is -0.373 e. The third-order valence-electron chi connectivity index (χ3n) is 3.36. The summed E-state index contributed by atoms with van der Waals surface area (Å²) in [6.45, 7) is 6.07. The van der Waals surface area contributed by atoms with E-state index >= 15 is 0 Å². The van der Waals surface area contributed by atoms with Crippen LogP contribution in [0.4, 0.5) is 14.6 Å². The van der Waals surface area contributed by atoms with Crippen LogP contribution in [-0.2, 0) is 6.42 Å². The SMILES string of the molecule is CNc1nc(Cc2ccc(F)cc2F)nc(C)c1C(C)C. The first kappa shape index (κ1) is 15.4. The number of benzene rings is 1. The Hall–Kier alpha value is -2.04. The van der Waals surface area contributed by atoms with Gasteiger partial charge in [0.05, 0.1) is 0 Å². The van der Waals surface area contributed by atoms with Crippen molar-refractivity contribution in [2.24, 2.45) is 0 Å². The molecule has 112 valence electrons. The quantitative estimate of drug-likeness (QED) is 0.930. The van der Waals surface area contributed by atoms with Gasteiger partial charge in [-0.1, -0.05) is 19.9 Å². The van der Waals surface area contributed by atoms with Gasteiger partial charge in [-0.15, -0.1) is 0 Å². The first-order chi connectivity index (χ1) is 9.92. The minimum absolute atomic E-state index is 0.236. The number of hydrogen-bond acceptors (Lipinski definition) is 3. The average Bonchev–Trinajstić information content (AvgIpc) is 2.40. The molecule has 0 bridgehead atoms. The molecule has 2 rings (SSSR count). The molecule has 0 aliphatic heterocycles. The Balaban J connectivity index is 2.39. The second-order valence-electron chi connectivity index (χ2n) is 5.30. The van der Waals surface area contributed by atoms with Crippen LogP contribution in [0, 0.1) is 18.6 Å². The predicted octanol–water partition coefficient (Wildman–Crippen LogP) is 3.82. The normalized spacial score (nSPS) is 11.0. The van der Waals surface area contributed by atoms with Crippen molar-refractivity contribution in [3.8, 4) is 0 Å². The van der Waals surface area contributed by atoms with Gasteiger partial charge in [0.1, 0.15) is 23.3 Å². The molecule has 1 heterocycles. The van der Waals surface area contributed by atoms with E-state index in [1.165, 1.54) is 12.1 Å². The van der Waals surface area contributed by atoms with Crippen molar-refractivity contribution in [2.75, 3.05) is 12.4 Å². The van der Waals surface area contributed by atoms with E-state index in [0.717, 1.165) is 23.1 Å². The highest BCUT2D eigenvalue weighted by atomic mass is 19.1. The molecule has 1 aromatic heterocycles. The van der Waals surface area contributed by atoms with Gasteiger partial charge < -0.3 is 5.32 Å². The maximum atomic E-state index is 13.7. The molecule has 21 heavy (non-hydrogen) atoms. The lowest BCUT2D eigenvalue weighted by molar-refractivity contribution is 0.573. The second-order valence-corrected chi connectivity index (χ2v) is 5.30. The Bertz CT molecular complexity index is 654. The Kier molecular flexibility index (Phi) is 4.50. The third-order valence-corrected chi connectivity index (χ3v) is 3.36. The molecule has 0 spiro atoms. The van der Waals surface area contributed by atoms with Crippen molar-refractivity contribution < 1.29 is 8.78 Å². The Labute approximate surface area is 123 Å². The molecule has 3 nitrogen and oxygen atoms in total. The lowest BCUT2D eigenvalue weighted by Crippen LogP contribution is -2.09. The minimum atomic E-state index is -0.584. The smallest absolute Gasteiger partial charge is 0.135 e. The number of rotatable bonds is 4. The van der Waals surface area contributed by atoms with Crippen molar-refractivity contribution in [3.05, 3.63) is 52.5 Å². The number of anilines is 1. The summed E-state index contributed by atoms with van der Waals surface area (Å²) >= 11 is 0. The molecular formula is C16H19F2N3. The number of aromatic nitrogens is 2. The second kappa shape index (κ2) is 6.16. The summed E-state index contributed by atoms with van der Waals surface area (Å²) in [7, 11) is 1.80. The Morgan fingerprint density at radius 1 is 1.19 bits per heavy atom. The molecule has 0 radical (unpaired) electrons. The van der Waals surface area contributed by atoms with Crippen molar-refractivity contribution in [3.63, 3.8) is 0 Å². The molecule has 0 atom stereocenters. The summed E-state index contributed by atoms with van der Waals surface area (Å²) in [5, 5.41) is 3.06. The zero-order valence-corrected chi connectivity index (χ0v) is 12.7. The first-order valence-electron chi connectivity index (χ1n) is 6.91. The molecule has 0 fully saturated rings. The molecule has 0 aliphatic carbocycles. The van der Waals surface area contributed by atoms with Crippen LogP contribution in [0.3, 0.4) is 0 Å². The predicted molar refractivity (Wildman–Crippen MR) is 79.6 cm³/mol. The van der Waals surface area contributed by atoms with Crippen LogP contribution in [0.25, 0.3) is 0 Å². The lowest BCUT2D eigenvalue weighted by Gasteiger charge is -2.15. The zero-order chi connectivity index (χ0) is 15.6. The highest BCUT2D eigenvalue weighted by molar-refractivity contribution is 5.48. The molecule has 1 N–H and O–H groups in total. The van der Waals surface area contributed by atoms with E-state index in [9.17, 15) is 8.78 Å². The number of aryl methyl sites for hydroxylation is 1. The summed E-state index contributed by atoms with van der Waals surface area (Å²) in [6.07, 6.45) is 0.236. The van der Waals surface area contributed by atoms with Crippen LogP contribution in [-0.4, -0.2) is 17.0 Å². The van der Waals surface area contributed by atoms with Crippen LogP contribution < -0.4 is 5.32 Å². The summed E-state index contributed by atoms with van der Waals surface area (Å²) < 4.78 is 26.6. The number of halogens is 2. The molecule has 1 aromatic carbocycles. The van der Waals surface area contributed by atoms with E-state index in [1.54, 1.807) is 7.05 Å². The summed E-state index contributed by atoms with van der Waals surface area (Å²) in [5.74, 6) is 0.417. The average molecular weight is 291 g/mol. The van der Waals surface area contributed by atoms with Crippen LogP contribution in [0.15, 0.2) is 18.2 Å². The van der Waals surface area contributed by atoms with Crippen molar-refractivity contribution >= 4 is 5.82 Å². The van der Waals surface area contributed by atoms with Gasteiger partial charge >= 0.3 is 0 Å². The lowest BCUT2D eigenvalue weighted by atomic mass is 10.0. The first-order valence-corrected chi connectivity index (χ1v) is 6.91. The molecule has 0 unspecified atom stereocenters. The van der Waals surface area contributed by atoms with E-state index in [1.807, 2.05) is 6.92 Å². The van der Waals surface area contributed by atoms with Gasteiger partial charge in [0.2, 0.25) is 0 Å². The van der Waals surface area contributed by atoms with E-state index in [0.29, 0.717) is 17.3 Å². The van der Waals surface area contributed by atoms with E-state index in [2.05, 4.69) is 29.1 Å². The highest BCUT2D eigenvalue weighted by Crippen LogP contribution is 2.25. The van der Waals surface area contributed by atoms with E-state index in [-0.39, 0.29) is 6.42 Å². The standard InChI is InChI=1S/C16H19F2N3/c1-9(2)15-10(3)20-14(21-16(15)19-4)7-11-5-6-12(17)8-13(11)18/h5-6,8-9H,7H2,1-4H3,(H,19,20,21). The van der Waals surface area contributed by atoms with Gasteiger partial charge in [-0.2, -0.15) is 0 Å². The van der Waals surface area contributed by atoms with Crippen molar-refractivity contribution in [1.29, 1.82) is 0 Å². The monoisotopic (exact) mass is 291 g/mol. The summed E-state index contributed by atoms with van der Waals surface area (Å²) in [4.78, 5) is 8.90. The molecular weight excluding hydrogens is 272 g/mol. The molecule has 2 aromatic rings. The van der Waals surface area contributed by atoms with Gasteiger partial charge in [0.15, 0.2) is 0 Å². The zero-order valence-electron chi connectivity index (χ0n) is 12.7. The number of nitrogens with zero attached hydrogens (tertiary/aromatic N) is 2. The van der Waals surface area contributed by atoms with Crippen molar-refractivity contribution in [2.45, 2.75) is 33.1 Å². The van der Waals surface area contributed by atoms with E-state index in [4.69, 9.17) is 0 Å². The molecule has 0 saturated carbocycles.